The van der Waals surface area contributed by atoms with E-state index >= 15 is 0 Å². The molecule has 0 saturated carbocycles. The number of sulfonamides is 1. The van der Waals surface area contributed by atoms with Crippen molar-refractivity contribution < 1.29 is 8.42 Å². The maximum Gasteiger partial charge on any atom is 0.232 e. The Labute approximate surface area is 124 Å². The molecule has 0 aliphatic carbocycles. The Balaban J connectivity index is 2.68. The van der Waals surface area contributed by atoms with Gasteiger partial charge in [-0.15, -0.1) is 0 Å². The molecule has 0 fully saturated rings. The normalized spacial score (nSPS) is 11.6. The zero-order chi connectivity index (χ0) is 14.5. The maximum atomic E-state index is 11.9. The Morgan fingerprint density at radius 3 is 2.26 bits per heavy atom. The van der Waals surface area contributed by atoms with Gasteiger partial charge in [-0.1, -0.05) is 15.9 Å². The fourth-order valence-corrected chi connectivity index (χ4v) is 3.22. The number of aryl methyl sites for hydroxylation is 2. The lowest BCUT2D eigenvalue weighted by Gasteiger charge is -2.11. The molecule has 0 saturated heterocycles. The fraction of sp³-hybridized carbons (Fsp3) is 0.538. The van der Waals surface area contributed by atoms with Gasteiger partial charge in [0.05, 0.1) is 5.75 Å². The average Bonchev–Trinajstić information content (AvgIpc) is 2.31. The molecule has 0 aliphatic heterocycles. The van der Waals surface area contributed by atoms with Gasteiger partial charge in [0.1, 0.15) is 0 Å². The van der Waals surface area contributed by atoms with Crippen LogP contribution in [-0.2, 0) is 10.0 Å². The van der Waals surface area contributed by atoms with Gasteiger partial charge < -0.3 is 5.32 Å². The van der Waals surface area contributed by atoms with Crippen molar-refractivity contribution >= 4 is 31.6 Å². The molecule has 1 rings (SSSR count). The van der Waals surface area contributed by atoms with Gasteiger partial charge in [0.15, 0.2) is 0 Å². The van der Waals surface area contributed by atoms with Crippen LogP contribution in [0.2, 0.25) is 0 Å². The van der Waals surface area contributed by atoms with Gasteiger partial charge in [-0.05, 0) is 63.5 Å². The van der Waals surface area contributed by atoms with Crippen molar-refractivity contribution in [3.8, 4) is 0 Å². The zero-order valence-corrected chi connectivity index (χ0v) is 14.0. The Bertz CT molecular complexity index is 506. The lowest BCUT2D eigenvalue weighted by atomic mass is 10.1. The number of rotatable bonds is 7. The van der Waals surface area contributed by atoms with Crippen LogP contribution in [0.1, 0.15) is 24.0 Å². The van der Waals surface area contributed by atoms with Gasteiger partial charge in [-0.25, -0.2) is 8.42 Å². The minimum absolute atomic E-state index is 0.156. The van der Waals surface area contributed by atoms with Crippen LogP contribution in [0, 0.1) is 13.8 Å². The van der Waals surface area contributed by atoms with Crippen molar-refractivity contribution in [3.05, 3.63) is 27.7 Å². The molecule has 0 bridgehead atoms. The van der Waals surface area contributed by atoms with Crippen molar-refractivity contribution in [2.75, 3.05) is 24.1 Å². The Hall–Kier alpha value is -0.590. The van der Waals surface area contributed by atoms with Crippen molar-refractivity contribution in [1.29, 1.82) is 0 Å². The lowest BCUT2D eigenvalue weighted by Crippen LogP contribution is -2.18. The minimum Gasteiger partial charge on any atom is -0.320 e. The Morgan fingerprint density at radius 2 is 1.74 bits per heavy atom. The number of hydrogen-bond donors (Lipinski definition) is 2. The molecule has 1 aromatic carbocycles. The van der Waals surface area contributed by atoms with Crippen LogP contribution in [0.3, 0.4) is 0 Å². The van der Waals surface area contributed by atoms with Gasteiger partial charge in [-0.2, -0.15) is 0 Å². The molecule has 0 unspecified atom stereocenters. The summed E-state index contributed by atoms with van der Waals surface area (Å²) < 4.78 is 27.5. The average molecular weight is 349 g/mol. The summed E-state index contributed by atoms with van der Waals surface area (Å²) in [5.41, 5.74) is 2.67. The number of halogens is 1. The standard InChI is InChI=1S/C13H21BrN2O2S/c1-10-8-12(9-11(2)13(10)14)16-19(17,18)7-5-4-6-15-3/h8-9,15-16H,4-7H2,1-3H3. The molecule has 19 heavy (non-hydrogen) atoms. The van der Waals surface area contributed by atoms with E-state index in [1.807, 2.05) is 33.0 Å². The van der Waals surface area contributed by atoms with Crippen LogP contribution < -0.4 is 10.0 Å². The van der Waals surface area contributed by atoms with Crippen molar-refractivity contribution in [3.63, 3.8) is 0 Å². The highest BCUT2D eigenvalue weighted by molar-refractivity contribution is 9.10. The van der Waals surface area contributed by atoms with E-state index < -0.39 is 10.0 Å². The molecule has 6 heteroatoms. The first kappa shape index (κ1) is 16.5. The lowest BCUT2D eigenvalue weighted by molar-refractivity contribution is 0.595. The molecular formula is C13H21BrN2O2S. The first-order chi connectivity index (χ1) is 8.85. The topological polar surface area (TPSA) is 58.2 Å². The highest BCUT2D eigenvalue weighted by Crippen LogP contribution is 2.25. The van der Waals surface area contributed by atoms with E-state index in [2.05, 4.69) is 26.0 Å². The predicted octanol–water partition coefficient (Wildman–Crippen LogP) is 2.81. The van der Waals surface area contributed by atoms with Crippen LogP contribution in [-0.4, -0.2) is 27.8 Å². The van der Waals surface area contributed by atoms with Crippen LogP contribution in [0.15, 0.2) is 16.6 Å². The number of anilines is 1. The molecule has 2 N–H and O–H groups in total. The molecule has 4 nitrogen and oxygen atoms in total. The number of benzene rings is 1. The van der Waals surface area contributed by atoms with E-state index in [1.54, 1.807) is 0 Å². The highest BCUT2D eigenvalue weighted by Gasteiger charge is 2.11. The van der Waals surface area contributed by atoms with Gasteiger partial charge >= 0.3 is 0 Å². The largest absolute Gasteiger partial charge is 0.320 e. The van der Waals surface area contributed by atoms with Crippen molar-refractivity contribution in [2.24, 2.45) is 0 Å². The summed E-state index contributed by atoms with van der Waals surface area (Å²) >= 11 is 3.47. The molecule has 0 aliphatic rings. The van der Waals surface area contributed by atoms with Crippen molar-refractivity contribution in [1.82, 2.24) is 5.32 Å². The van der Waals surface area contributed by atoms with Gasteiger partial charge in [0.2, 0.25) is 10.0 Å². The van der Waals surface area contributed by atoms with Crippen molar-refractivity contribution in [2.45, 2.75) is 26.7 Å². The summed E-state index contributed by atoms with van der Waals surface area (Å²) in [5, 5.41) is 3.00. The molecule has 0 aromatic heterocycles. The quantitative estimate of drug-likeness (QED) is 0.745. The highest BCUT2D eigenvalue weighted by atomic mass is 79.9. The molecule has 0 heterocycles. The second kappa shape index (κ2) is 7.26. The summed E-state index contributed by atoms with van der Waals surface area (Å²) in [5.74, 6) is 0.156. The van der Waals surface area contributed by atoms with Crippen LogP contribution in [0.5, 0.6) is 0 Å². The van der Waals surface area contributed by atoms with E-state index in [1.165, 1.54) is 0 Å². The summed E-state index contributed by atoms with van der Waals surface area (Å²) in [6.07, 6.45) is 1.51. The summed E-state index contributed by atoms with van der Waals surface area (Å²) in [6.45, 7) is 4.73. The molecular weight excluding hydrogens is 328 g/mol. The molecule has 0 spiro atoms. The molecule has 1 aromatic rings. The third kappa shape index (κ3) is 5.50. The second-order valence-electron chi connectivity index (χ2n) is 4.66. The number of nitrogens with one attached hydrogen (secondary N) is 2. The first-order valence-corrected chi connectivity index (χ1v) is 8.72. The molecule has 0 radical (unpaired) electrons. The zero-order valence-electron chi connectivity index (χ0n) is 11.6. The van der Waals surface area contributed by atoms with E-state index in [4.69, 9.17) is 0 Å². The molecule has 108 valence electrons. The minimum atomic E-state index is -3.25. The Morgan fingerprint density at radius 1 is 1.16 bits per heavy atom. The van der Waals surface area contributed by atoms with E-state index in [0.717, 1.165) is 28.6 Å². The monoisotopic (exact) mass is 348 g/mol. The van der Waals surface area contributed by atoms with Crippen LogP contribution in [0.25, 0.3) is 0 Å². The van der Waals surface area contributed by atoms with Crippen LogP contribution in [0.4, 0.5) is 5.69 Å². The van der Waals surface area contributed by atoms with Gasteiger partial charge in [0.25, 0.3) is 0 Å². The summed E-state index contributed by atoms with van der Waals surface area (Å²) in [6, 6.07) is 3.67. The van der Waals surface area contributed by atoms with Crippen LogP contribution >= 0.6 is 15.9 Å². The third-order valence-electron chi connectivity index (χ3n) is 2.80. The number of unbranched alkanes of at least 4 members (excludes halogenated alkanes) is 1. The van der Waals surface area contributed by atoms with E-state index in [-0.39, 0.29) is 5.75 Å². The molecule has 0 amide bonds. The molecule has 0 atom stereocenters. The second-order valence-corrected chi connectivity index (χ2v) is 7.29. The smallest absolute Gasteiger partial charge is 0.232 e. The van der Waals surface area contributed by atoms with Gasteiger partial charge in [-0.3, -0.25) is 4.72 Å². The summed E-state index contributed by atoms with van der Waals surface area (Å²) in [4.78, 5) is 0. The first-order valence-electron chi connectivity index (χ1n) is 6.27. The number of hydrogen-bond acceptors (Lipinski definition) is 3. The SMILES string of the molecule is CNCCCCS(=O)(=O)Nc1cc(C)c(Br)c(C)c1. The summed E-state index contributed by atoms with van der Waals surface area (Å²) in [7, 11) is -1.39. The van der Waals surface area contributed by atoms with Gasteiger partial charge in [0, 0.05) is 10.2 Å². The predicted molar refractivity (Wildman–Crippen MR) is 84.2 cm³/mol. The van der Waals surface area contributed by atoms with E-state index in [0.29, 0.717) is 12.1 Å². The fourth-order valence-electron chi connectivity index (χ4n) is 1.83. The Kier molecular flexibility index (Phi) is 6.29. The maximum absolute atomic E-state index is 11.9. The van der Waals surface area contributed by atoms with E-state index in [9.17, 15) is 8.42 Å². The third-order valence-corrected chi connectivity index (χ3v) is 5.42.